The average Bonchev–Trinajstić information content (AvgIpc) is 2.59. The summed E-state index contributed by atoms with van der Waals surface area (Å²) in [4.78, 5) is 0. The predicted molar refractivity (Wildman–Crippen MR) is 130 cm³/mol. The van der Waals surface area contributed by atoms with Crippen LogP contribution in [0, 0.1) is 23.2 Å². The van der Waals surface area contributed by atoms with Gasteiger partial charge in [0.15, 0.2) is 0 Å². The summed E-state index contributed by atoms with van der Waals surface area (Å²) in [6.07, 6.45) is 9.58. The van der Waals surface area contributed by atoms with Gasteiger partial charge in [0, 0.05) is 0 Å². The summed E-state index contributed by atoms with van der Waals surface area (Å²) in [5.41, 5.74) is 0.529. The second-order valence-electron chi connectivity index (χ2n) is 8.08. The topological polar surface area (TPSA) is 0 Å². The molecule has 0 fully saturated rings. The van der Waals surface area contributed by atoms with Crippen LogP contribution < -0.4 is 0 Å². The van der Waals surface area contributed by atoms with Crippen LogP contribution in [-0.2, 0) is 0 Å². The van der Waals surface area contributed by atoms with Gasteiger partial charge < -0.3 is 0 Å². The summed E-state index contributed by atoms with van der Waals surface area (Å²) < 4.78 is 0. The molecule has 0 N–H and O–H groups in total. The Morgan fingerprint density at radius 1 is 0.692 bits per heavy atom. The average molecular weight is 375 g/mol. The largest absolute Gasteiger partial charge is 0.0683 e. The second kappa shape index (κ2) is 29.8. The van der Waals surface area contributed by atoms with E-state index in [4.69, 9.17) is 0 Å². The third-order valence-corrected chi connectivity index (χ3v) is 3.93. The molecule has 0 heterocycles. The fraction of sp³-hybridized carbons (Fsp3) is 1.00. The maximum absolute atomic E-state index is 2.46. The van der Waals surface area contributed by atoms with Gasteiger partial charge in [0.05, 0.1) is 0 Å². The first-order valence-electron chi connectivity index (χ1n) is 12.2. The zero-order chi connectivity index (χ0) is 22.2. The molecule has 0 bridgehead atoms. The first-order chi connectivity index (χ1) is 12.2. The number of hydrogen-bond acceptors (Lipinski definition) is 0. The van der Waals surface area contributed by atoms with Crippen LogP contribution in [0.2, 0.25) is 0 Å². The molecule has 0 aromatic heterocycles. The molecule has 26 heavy (non-hydrogen) atoms. The van der Waals surface area contributed by atoms with Crippen LogP contribution in [-0.4, -0.2) is 0 Å². The Bertz CT molecular complexity index is 190. The lowest BCUT2D eigenvalue weighted by molar-refractivity contribution is 0.192. The molecular weight excluding hydrogens is 312 g/mol. The van der Waals surface area contributed by atoms with Crippen molar-refractivity contribution >= 4 is 0 Å². The number of hydrogen-bond donors (Lipinski definition) is 0. The molecule has 0 radical (unpaired) electrons. The summed E-state index contributed by atoms with van der Waals surface area (Å²) >= 11 is 0. The number of rotatable bonds is 9. The Hall–Kier alpha value is 0. The lowest BCUT2D eigenvalue weighted by Gasteiger charge is -2.32. The van der Waals surface area contributed by atoms with Crippen molar-refractivity contribution in [1.29, 1.82) is 0 Å². The Morgan fingerprint density at radius 2 is 1.08 bits per heavy atom. The van der Waals surface area contributed by atoms with Gasteiger partial charge in [0.1, 0.15) is 0 Å². The molecule has 2 atom stereocenters. The monoisotopic (exact) mass is 374 g/mol. The Balaban J connectivity index is -0.000000139. The minimum atomic E-state index is 0.529. The van der Waals surface area contributed by atoms with Crippen LogP contribution >= 0.6 is 0 Å². The van der Waals surface area contributed by atoms with Gasteiger partial charge in [-0.2, -0.15) is 0 Å². The SMILES string of the molecule is CC.CC.CC.CCC.CCCC(CC(C)CC)CC(C)(C)CC(C)C. The highest BCUT2D eigenvalue weighted by Crippen LogP contribution is 2.36. The molecule has 0 spiro atoms. The minimum Gasteiger partial charge on any atom is -0.0683 e. The smallest absolute Gasteiger partial charge is 0.0349 e. The Labute approximate surface area is 172 Å². The van der Waals surface area contributed by atoms with E-state index in [1.807, 2.05) is 41.5 Å². The van der Waals surface area contributed by atoms with Crippen LogP contribution in [0.1, 0.15) is 149 Å². The normalized spacial score (nSPS) is 12.0. The van der Waals surface area contributed by atoms with Gasteiger partial charge >= 0.3 is 0 Å². The Kier molecular flexibility index (Phi) is 42.2. The quantitative estimate of drug-likeness (QED) is 0.376. The van der Waals surface area contributed by atoms with Gasteiger partial charge in [0.25, 0.3) is 0 Å². The zero-order valence-electron chi connectivity index (χ0n) is 22.2. The van der Waals surface area contributed by atoms with E-state index in [1.165, 1.54) is 44.9 Å². The molecule has 0 heteroatoms. The summed E-state index contributed by atoms with van der Waals surface area (Å²) in [5.74, 6) is 2.68. The van der Waals surface area contributed by atoms with Crippen LogP contribution in [0.4, 0.5) is 0 Å². The van der Waals surface area contributed by atoms with E-state index in [0.717, 1.165) is 17.8 Å². The van der Waals surface area contributed by atoms with E-state index in [9.17, 15) is 0 Å². The standard InChI is InChI=1S/C17H36.C3H8.3C2H6/c1-8-10-16(11-15(5)9-2)13-17(6,7)12-14(3)4;1-3-2;3*1-2/h14-16H,8-13H2,1-7H3;3H2,1-2H3;3*1-2H3. The third-order valence-electron chi connectivity index (χ3n) is 3.93. The van der Waals surface area contributed by atoms with Crippen molar-refractivity contribution in [2.45, 2.75) is 149 Å². The van der Waals surface area contributed by atoms with E-state index in [1.54, 1.807) is 0 Å². The highest BCUT2D eigenvalue weighted by molar-refractivity contribution is 4.76. The van der Waals surface area contributed by atoms with E-state index in [0.29, 0.717) is 5.41 Å². The lowest BCUT2D eigenvalue weighted by atomic mass is 9.73. The summed E-state index contributed by atoms with van der Waals surface area (Å²) in [6, 6.07) is 0. The first-order valence-corrected chi connectivity index (χ1v) is 12.2. The highest BCUT2D eigenvalue weighted by Gasteiger charge is 2.24. The Morgan fingerprint density at radius 3 is 1.35 bits per heavy atom. The van der Waals surface area contributed by atoms with Crippen LogP contribution in [0.3, 0.4) is 0 Å². The molecule has 0 aromatic rings. The molecule has 0 amide bonds. The van der Waals surface area contributed by atoms with Gasteiger partial charge in [-0.3, -0.25) is 0 Å². The van der Waals surface area contributed by atoms with E-state index in [-0.39, 0.29) is 0 Å². The van der Waals surface area contributed by atoms with Gasteiger partial charge in [-0.1, -0.05) is 130 Å². The van der Waals surface area contributed by atoms with Gasteiger partial charge in [-0.25, -0.2) is 0 Å². The predicted octanol–water partition coefficient (Wildman–Crippen LogP) is 10.8. The van der Waals surface area contributed by atoms with E-state index in [2.05, 4.69) is 62.3 Å². The van der Waals surface area contributed by atoms with Crippen molar-refractivity contribution in [2.75, 3.05) is 0 Å². The minimum absolute atomic E-state index is 0.529. The van der Waals surface area contributed by atoms with E-state index >= 15 is 0 Å². The van der Waals surface area contributed by atoms with Crippen LogP contribution in [0.15, 0.2) is 0 Å². The van der Waals surface area contributed by atoms with Crippen molar-refractivity contribution in [1.82, 2.24) is 0 Å². The van der Waals surface area contributed by atoms with Crippen molar-refractivity contribution in [3.8, 4) is 0 Å². The first kappa shape index (κ1) is 36.8. The third kappa shape index (κ3) is 35.2. The maximum Gasteiger partial charge on any atom is -0.0349 e. The molecule has 166 valence electrons. The van der Waals surface area contributed by atoms with Crippen LogP contribution in [0.25, 0.3) is 0 Å². The summed E-state index contributed by atoms with van der Waals surface area (Å²) in [5, 5.41) is 0. The molecule has 0 aliphatic rings. The van der Waals surface area contributed by atoms with Crippen LogP contribution in [0.5, 0.6) is 0 Å². The molecule has 0 aliphatic carbocycles. The lowest BCUT2D eigenvalue weighted by Crippen LogP contribution is -2.20. The molecule has 2 unspecified atom stereocenters. The fourth-order valence-electron chi connectivity index (χ4n) is 3.42. The molecular formula is C26H62. The summed E-state index contributed by atoms with van der Waals surface area (Å²) in [6.45, 7) is 33.0. The van der Waals surface area contributed by atoms with Gasteiger partial charge in [-0.05, 0) is 42.4 Å². The fourth-order valence-corrected chi connectivity index (χ4v) is 3.42. The molecule has 0 aromatic carbocycles. The van der Waals surface area contributed by atoms with Crippen molar-refractivity contribution < 1.29 is 0 Å². The molecule has 0 saturated heterocycles. The molecule has 0 saturated carbocycles. The van der Waals surface area contributed by atoms with Crippen molar-refractivity contribution in [3.05, 3.63) is 0 Å². The molecule has 0 aliphatic heterocycles. The highest BCUT2D eigenvalue weighted by atomic mass is 14.3. The van der Waals surface area contributed by atoms with Crippen molar-refractivity contribution in [2.24, 2.45) is 23.2 Å². The van der Waals surface area contributed by atoms with Gasteiger partial charge in [0.2, 0.25) is 0 Å². The molecule has 0 nitrogen and oxygen atoms in total. The molecule has 0 rings (SSSR count). The zero-order valence-corrected chi connectivity index (χ0v) is 22.2. The summed E-state index contributed by atoms with van der Waals surface area (Å²) in [7, 11) is 0. The van der Waals surface area contributed by atoms with E-state index < -0.39 is 0 Å². The van der Waals surface area contributed by atoms with Gasteiger partial charge in [-0.15, -0.1) is 0 Å². The second-order valence-corrected chi connectivity index (χ2v) is 8.08. The van der Waals surface area contributed by atoms with Crippen molar-refractivity contribution in [3.63, 3.8) is 0 Å². The maximum atomic E-state index is 2.46.